The summed E-state index contributed by atoms with van der Waals surface area (Å²) in [5.41, 5.74) is 0.740. The van der Waals surface area contributed by atoms with Crippen LogP contribution in [-0.4, -0.2) is 29.8 Å². The van der Waals surface area contributed by atoms with Crippen molar-refractivity contribution in [2.45, 2.75) is 31.3 Å². The number of carbonyl (C=O) groups is 1. The number of carboxylic acids is 1. The molecule has 128 valence electrons. The van der Waals surface area contributed by atoms with Gasteiger partial charge in [0.05, 0.1) is 4.90 Å². The molecule has 2 rings (SSSR count). The maximum atomic E-state index is 13.0. The molecular weight excluding hydrogens is 326 g/mol. The number of hydrogen-bond acceptors (Lipinski definition) is 3. The molecule has 0 aromatic heterocycles. The summed E-state index contributed by atoms with van der Waals surface area (Å²) in [6, 6.07) is 15.8. The summed E-state index contributed by atoms with van der Waals surface area (Å²) in [6.07, 6.45) is 0. The topological polar surface area (TPSA) is 74.7 Å². The molecule has 0 aliphatic carbocycles. The smallest absolute Gasteiger partial charge is 0.322 e. The number of nitrogens with zero attached hydrogens (tertiary/aromatic N) is 1. The van der Waals surface area contributed by atoms with Crippen LogP contribution in [0.3, 0.4) is 0 Å². The molecule has 0 saturated heterocycles. The van der Waals surface area contributed by atoms with Gasteiger partial charge in [-0.1, -0.05) is 62.4 Å². The highest BCUT2D eigenvalue weighted by Crippen LogP contribution is 2.24. The van der Waals surface area contributed by atoms with E-state index in [9.17, 15) is 18.3 Å². The van der Waals surface area contributed by atoms with E-state index in [1.54, 1.807) is 56.3 Å². The van der Waals surface area contributed by atoms with Gasteiger partial charge >= 0.3 is 5.97 Å². The summed E-state index contributed by atoms with van der Waals surface area (Å²) >= 11 is 0. The lowest BCUT2D eigenvalue weighted by Gasteiger charge is -2.30. The zero-order valence-corrected chi connectivity index (χ0v) is 14.5. The monoisotopic (exact) mass is 347 g/mol. The quantitative estimate of drug-likeness (QED) is 0.835. The average molecular weight is 347 g/mol. The second-order valence-corrected chi connectivity index (χ2v) is 7.77. The van der Waals surface area contributed by atoms with E-state index in [0.29, 0.717) is 0 Å². The van der Waals surface area contributed by atoms with E-state index in [0.717, 1.165) is 9.87 Å². The van der Waals surface area contributed by atoms with Crippen LogP contribution in [0.4, 0.5) is 0 Å². The van der Waals surface area contributed by atoms with Crippen molar-refractivity contribution in [3.8, 4) is 0 Å². The highest BCUT2D eigenvalue weighted by atomic mass is 32.2. The lowest BCUT2D eigenvalue weighted by molar-refractivity contribution is -0.143. The van der Waals surface area contributed by atoms with Crippen molar-refractivity contribution in [2.75, 3.05) is 0 Å². The van der Waals surface area contributed by atoms with Gasteiger partial charge in [0.1, 0.15) is 6.04 Å². The van der Waals surface area contributed by atoms with Crippen LogP contribution in [0, 0.1) is 5.92 Å². The third-order valence-electron chi connectivity index (χ3n) is 3.73. The summed E-state index contributed by atoms with van der Waals surface area (Å²) in [6.45, 7) is 3.42. The van der Waals surface area contributed by atoms with Gasteiger partial charge in [0.15, 0.2) is 0 Å². The molecule has 1 atom stereocenters. The van der Waals surface area contributed by atoms with Crippen molar-refractivity contribution in [3.63, 3.8) is 0 Å². The van der Waals surface area contributed by atoms with Gasteiger partial charge in [-0.15, -0.1) is 0 Å². The number of rotatable bonds is 7. The largest absolute Gasteiger partial charge is 0.480 e. The van der Waals surface area contributed by atoms with Gasteiger partial charge in [0.2, 0.25) is 10.0 Å². The van der Waals surface area contributed by atoms with Crippen LogP contribution in [0.5, 0.6) is 0 Å². The molecule has 6 heteroatoms. The summed E-state index contributed by atoms with van der Waals surface area (Å²) in [5.74, 6) is -1.52. The second kappa shape index (κ2) is 7.59. The molecule has 0 aliphatic heterocycles. The first-order valence-corrected chi connectivity index (χ1v) is 9.11. The minimum Gasteiger partial charge on any atom is -0.480 e. The van der Waals surface area contributed by atoms with Gasteiger partial charge in [-0.2, -0.15) is 4.31 Å². The molecule has 2 aromatic carbocycles. The number of carboxylic acid groups (broad SMARTS) is 1. The van der Waals surface area contributed by atoms with Crippen molar-refractivity contribution in [2.24, 2.45) is 5.92 Å². The fraction of sp³-hybridized carbons (Fsp3) is 0.278. The molecule has 0 fully saturated rings. The van der Waals surface area contributed by atoms with E-state index in [1.165, 1.54) is 12.1 Å². The predicted octanol–water partition coefficient (Wildman–Crippen LogP) is 2.99. The molecule has 0 radical (unpaired) electrons. The van der Waals surface area contributed by atoms with Crippen LogP contribution in [-0.2, 0) is 21.4 Å². The Bertz CT molecular complexity index is 773. The van der Waals surface area contributed by atoms with E-state index in [1.807, 2.05) is 6.07 Å². The Balaban J connectivity index is 2.51. The maximum Gasteiger partial charge on any atom is 0.322 e. The lowest BCUT2D eigenvalue weighted by Crippen LogP contribution is -2.47. The van der Waals surface area contributed by atoms with E-state index < -0.39 is 22.0 Å². The molecular formula is C18H21NO4S. The van der Waals surface area contributed by atoms with Gasteiger partial charge < -0.3 is 5.11 Å². The first-order chi connectivity index (χ1) is 11.3. The van der Waals surface area contributed by atoms with Gasteiger partial charge in [0.25, 0.3) is 0 Å². The van der Waals surface area contributed by atoms with Crippen LogP contribution in [0.1, 0.15) is 19.4 Å². The molecule has 0 heterocycles. The first kappa shape index (κ1) is 18.2. The number of hydrogen-bond donors (Lipinski definition) is 1. The fourth-order valence-corrected chi connectivity index (χ4v) is 4.29. The number of benzene rings is 2. The molecule has 1 N–H and O–H groups in total. The Kier molecular flexibility index (Phi) is 5.75. The van der Waals surface area contributed by atoms with Gasteiger partial charge in [0, 0.05) is 6.54 Å². The minimum atomic E-state index is -3.94. The Morgan fingerprint density at radius 3 is 1.96 bits per heavy atom. The van der Waals surface area contributed by atoms with Crippen molar-refractivity contribution < 1.29 is 18.3 Å². The lowest BCUT2D eigenvalue weighted by atomic mass is 10.0. The molecule has 0 saturated carbocycles. The fourth-order valence-electron chi connectivity index (χ4n) is 2.56. The maximum absolute atomic E-state index is 13.0. The van der Waals surface area contributed by atoms with Crippen LogP contribution < -0.4 is 0 Å². The molecule has 0 bridgehead atoms. The Morgan fingerprint density at radius 1 is 1.00 bits per heavy atom. The van der Waals surface area contributed by atoms with Gasteiger partial charge in [-0.05, 0) is 23.6 Å². The molecule has 0 spiro atoms. The Labute approximate surface area is 142 Å². The first-order valence-electron chi connectivity index (χ1n) is 7.67. The van der Waals surface area contributed by atoms with E-state index in [-0.39, 0.29) is 17.4 Å². The summed E-state index contributed by atoms with van der Waals surface area (Å²) in [4.78, 5) is 11.8. The van der Waals surface area contributed by atoms with Crippen molar-refractivity contribution >= 4 is 16.0 Å². The number of aliphatic carboxylic acids is 1. The molecule has 0 aliphatic rings. The Hall–Kier alpha value is -2.18. The van der Waals surface area contributed by atoms with E-state index >= 15 is 0 Å². The second-order valence-electron chi connectivity index (χ2n) is 5.88. The number of sulfonamides is 1. The SMILES string of the molecule is CC(C)[C@@H](C(=O)O)N(Cc1ccccc1)S(=O)(=O)c1ccccc1. The normalized spacial score (nSPS) is 13.2. The zero-order valence-electron chi connectivity index (χ0n) is 13.7. The van der Waals surface area contributed by atoms with Gasteiger partial charge in [-0.3, -0.25) is 4.79 Å². The van der Waals surface area contributed by atoms with Crippen molar-refractivity contribution in [1.82, 2.24) is 4.31 Å². The third-order valence-corrected chi connectivity index (χ3v) is 5.57. The molecule has 0 amide bonds. The summed E-state index contributed by atoms with van der Waals surface area (Å²) in [7, 11) is -3.94. The van der Waals surface area contributed by atoms with Crippen molar-refractivity contribution in [1.29, 1.82) is 0 Å². The predicted molar refractivity (Wildman–Crippen MR) is 91.9 cm³/mol. The van der Waals surface area contributed by atoms with Crippen LogP contribution in [0.25, 0.3) is 0 Å². The standard InChI is InChI=1S/C18H21NO4S/c1-14(2)17(18(20)21)19(13-15-9-5-3-6-10-15)24(22,23)16-11-7-4-8-12-16/h3-12,14,17H,13H2,1-2H3,(H,20,21)/t17-/m0/s1. The zero-order chi connectivity index (χ0) is 17.7. The molecule has 0 unspecified atom stereocenters. The highest BCUT2D eigenvalue weighted by molar-refractivity contribution is 7.89. The third kappa shape index (κ3) is 4.01. The van der Waals surface area contributed by atoms with Crippen LogP contribution >= 0.6 is 0 Å². The molecule has 5 nitrogen and oxygen atoms in total. The minimum absolute atomic E-state index is 0.00716. The highest BCUT2D eigenvalue weighted by Gasteiger charge is 2.37. The summed E-state index contributed by atoms with van der Waals surface area (Å²) < 4.78 is 27.2. The van der Waals surface area contributed by atoms with Crippen LogP contribution in [0.2, 0.25) is 0 Å². The Morgan fingerprint density at radius 2 is 1.50 bits per heavy atom. The van der Waals surface area contributed by atoms with Crippen molar-refractivity contribution in [3.05, 3.63) is 66.2 Å². The molecule has 2 aromatic rings. The van der Waals surface area contributed by atoms with E-state index in [2.05, 4.69) is 0 Å². The van der Waals surface area contributed by atoms with E-state index in [4.69, 9.17) is 0 Å². The van der Waals surface area contributed by atoms with Crippen LogP contribution in [0.15, 0.2) is 65.6 Å². The van der Waals surface area contributed by atoms with Gasteiger partial charge in [-0.25, -0.2) is 8.42 Å². The molecule has 24 heavy (non-hydrogen) atoms. The summed E-state index contributed by atoms with van der Waals surface area (Å²) in [5, 5.41) is 9.60. The average Bonchev–Trinajstić information content (AvgIpc) is 2.55.